The summed E-state index contributed by atoms with van der Waals surface area (Å²) in [6, 6.07) is 71.2. The third kappa shape index (κ3) is 8.78. The van der Waals surface area contributed by atoms with E-state index in [-0.39, 0.29) is 33.8 Å². The minimum absolute atomic E-state index is 0.0219. The molecule has 9 aromatic carbocycles. The Morgan fingerprint density at radius 2 is 1.13 bits per heavy atom. The van der Waals surface area contributed by atoms with Gasteiger partial charge in [0.05, 0.1) is 11.4 Å². The third-order valence-corrected chi connectivity index (χ3v) is 25.4. The molecule has 2 aliphatic heterocycles. The summed E-state index contributed by atoms with van der Waals surface area (Å²) in [7, 11) is 0. The molecule has 1 aromatic heterocycles. The van der Waals surface area contributed by atoms with Crippen molar-refractivity contribution in [1.29, 1.82) is 0 Å². The predicted molar refractivity (Wildman–Crippen MR) is 396 cm³/mol. The Bertz CT molecular complexity index is 4560. The van der Waals surface area contributed by atoms with Gasteiger partial charge in [-0.3, -0.25) is 0 Å². The van der Waals surface area contributed by atoms with Gasteiger partial charge in [0.25, 0.3) is 6.71 Å². The Labute approximate surface area is 553 Å². The molecular weight excluding hydrogens is 1130 g/mol. The van der Waals surface area contributed by atoms with Gasteiger partial charge in [0.15, 0.2) is 0 Å². The van der Waals surface area contributed by atoms with Crippen LogP contribution in [0.5, 0.6) is 0 Å². The molecule has 3 atom stereocenters. The summed E-state index contributed by atoms with van der Waals surface area (Å²) in [6.45, 7) is 28.6. The molecule has 0 amide bonds. The molecule has 17 rings (SSSR count). The number of fused-ring (bicyclic) bond motifs is 15. The zero-order valence-corrected chi connectivity index (χ0v) is 57.4. The van der Waals surface area contributed by atoms with Crippen LogP contribution < -0.4 is 30.4 Å². The third-order valence-electron chi connectivity index (χ3n) is 24.1. The van der Waals surface area contributed by atoms with Gasteiger partial charge >= 0.3 is 0 Å². The Balaban J connectivity index is 0.984. The van der Waals surface area contributed by atoms with Crippen molar-refractivity contribution in [2.75, 3.05) is 14.7 Å². The second-order valence-electron chi connectivity index (χ2n) is 32.7. The molecule has 10 aromatic rings. The molecule has 1 spiro atoms. The van der Waals surface area contributed by atoms with E-state index in [1.807, 2.05) is 0 Å². The summed E-state index contributed by atoms with van der Waals surface area (Å²) >= 11 is 2.08. The van der Waals surface area contributed by atoms with Gasteiger partial charge in [-0.25, -0.2) is 0 Å². The molecule has 0 N–H and O–H groups in total. The minimum atomic E-state index is -0.0536. The molecular formula is C87H90BN3S. The fraction of sp³-hybridized carbons (Fsp3) is 0.356. The summed E-state index contributed by atoms with van der Waals surface area (Å²) < 4.78 is 2.84. The molecule has 3 unspecified atom stereocenters. The van der Waals surface area contributed by atoms with E-state index in [0.29, 0.717) is 11.8 Å². The van der Waals surface area contributed by atoms with Crippen LogP contribution in [-0.4, -0.2) is 6.71 Å². The average Bonchev–Trinajstić information content (AvgIpc) is 1.41. The first-order valence-electron chi connectivity index (χ1n) is 35.1. The highest BCUT2D eigenvalue weighted by Crippen LogP contribution is 2.68. The van der Waals surface area contributed by atoms with Crippen LogP contribution in [0.1, 0.15) is 196 Å². The molecule has 3 saturated carbocycles. The minimum Gasteiger partial charge on any atom is -0.311 e. The van der Waals surface area contributed by atoms with E-state index in [1.165, 1.54) is 192 Å². The second kappa shape index (κ2) is 20.7. The lowest BCUT2D eigenvalue weighted by Gasteiger charge is -2.44. The smallest absolute Gasteiger partial charge is 0.264 e. The van der Waals surface area contributed by atoms with E-state index in [2.05, 4.69) is 285 Å². The highest BCUT2D eigenvalue weighted by atomic mass is 32.1. The number of aryl methyl sites for hydroxylation is 2. The van der Waals surface area contributed by atoms with Crippen LogP contribution >= 0.6 is 11.3 Å². The maximum absolute atomic E-state index is 2.86. The maximum Gasteiger partial charge on any atom is 0.264 e. The largest absolute Gasteiger partial charge is 0.311 e. The van der Waals surface area contributed by atoms with Gasteiger partial charge < -0.3 is 14.7 Å². The van der Waals surface area contributed by atoms with Gasteiger partial charge in [0, 0.05) is 65.7 Å². The topological polar surface area (TPSA) is 9.72 Å². The van der Waals surface area contributed by atoms with E-state index in [4.69, 9.17) is 0 Å². The van der Waals surface area contributed by atoms with Crippen LogP contribution in [0.3, 0.4) is 0 Å². The van der Waals surface area contributed by atoms with Crippen LogP contribution in [0.15, 0.2) is 176 Å². The summed E-state index contributed by atoms with van der Waals surface area (Å²) in [4.78, 5) is 8.11. The number of nitrogens with zero attached hydrogens (tertiary/aromatic N) is 3. The molecule has 462 valence electrons. The molecule has 3 fully saturated rings. The quantitative estimate of drug-likeness (QED) is 0.147. The summed E-state index contributed by atoms with van der Waals surface area (Å²) in [6.07, 6.45) is 14.1. The Kier molecular flexibility index (Phi) is 13.1. The lowest BCUT2D eigenvalue weighted by atomic mass is 9.36. The van der Waals surface area contributed by atoms with Gasteiger partial charge in [-0.1, -0.05) is 192 Å². The SMILES string of the molecule is Cc1cccc(C)c1-c1cc2c3c(c1)N(c1cccc4c1-c1ccccc1C41CC4CCC1C4)c1c(sc4cc5c(cc14)C(C)(C)CCC5(C)C)B3c1ccc(N(c3ccc(C(C)(C)C)cc3)c3ccc(C(C)(C)C)cc3)cc1N2c1ccc(C2CCCCC2)cc1. The van der Waals surface area contributed by atoms with Crippen LogP contribution in [-0.2, 0) is 27.1 Å². The second-order valence-corrected chi connectivity index (χ2v) is 33.8. The molecule has 92 heavy (non-hydrogen) atoms. The molecule has 3 heterocycles. The van der Waals surface area contributed by atoms with E-state index in [0.717, 1.165) is 23.0 Å². The average molecular weight is 1220 g/mol. The van der Waals surface area contributed by atoms with E-state index in [1.54, 1.807) is 11.1 Å². The number of rotatable bonds is 7. The van der Waals surface area contributed by atoms with Crippen molar-refractivity contribution < 1.29 is 0 Å². The first-order valence-corrected chi connectivity index (χ1v) is 35.9. The van der Waals surface area contributed by atoms with Crippen molar-refractivity contribution in [2.24, 2.45) is 11.8 Å². The summed E-state index contributed by atoms with van der Waals surface area (Å²) in [5.41, 5.74) is 32.5. The van der Waals surface area contributed by atoms with Crippen LogP contribution in [0.4, 0.5) is 51.2 Å². The van der Waals surface area contributed by atoms with Gasteiger partial charge in [0.1, 0.15) is 0 Å². The Hall–Kier alpha value is -7.60. The fourth-order valence-corrected chi connectivity index (χ4v) is 20.6. The number of thiophene rings is 1. The Morgan fingerprint density at radius 3 is 1.76 bits per heavy atom. The molecule has 0 saturated heterocycles. The highest BCUT2D eigenvalue weighted by molar-refractivity contribution is 7.33. The van der Waals surface area contributed by atoms with Crippen molar-refractivity contribution in [3.05, 3.63) is 226 Å². The highest BCUT2D eigenvalue weighted by Gasteiger charge is 2.58. The molecule has 3 nitrogen and oxygen atoms in total. The summed E-state index contributed by atoms with van der Waals surface area (Å²) in [5.74, 6) is 2.04. The summed E-state index contributed by atoms with van der Waals surface area (Å²) in [5, 5.41) is 1.39. The van der Waals surface area contributed by atoms with Gasteiger partial charge in [-0.15, -0.1) is 11.3 Å². The standard InChI is InChI=1S/C87H90BN3S/c1-53-20-18-21-54(2)78(53)58-47-75-80-76(48-58)91(73-27-19-26-69-79(73)66-24-16-17-25-68(66)87(69)52-55-28-31-61(87)46-55)81-67-50-70-71(86(11,12)45-44-85(70,9)10)51-77(67)92-82(81)88(80)72-43-42-65(49-74(72)90(75)64-36-29-57(30-37-64)56-22-14-13-15-23-56)89(62-38-32-59(33-39-62)83(3,4)5)63-40-34-60(35-41-63)84(6,7)8/h16-21,24-27,29-30,32-43,47-51,55-56,61H,13-15,22-23,28,31,44-46,52H2,1-12H3. The Morgan fingerprint density at radius 1 is 0.522 bits per heavy atom. The molecule has 2 bridgehead atoms. The van der Waals surface area contributed by atoms with Crippen LogP contribution in [0, 0.1) is 25.7 Å². The fourth-order valence-electron chi connectivity index (χ4n) is 19.2. The molecule has 0 radical (unpaired) electrons. The van der Waals surface area contributed by atoms with Crippen LogP contribution in [0.25, 0.3) is 32.3 Å². The van der Waals surface area contributed by atoms with E-state index in [9.17, 15) is 0 Å². The molecule has 5 aliphatic carbocycles. The first kappa shape index (κ1) is 58.2. The number of hydrogen-bond acceptors (Lipinski definition) is 4. The lowest BCUT2D eigenvalue weighted by molar-refractivity contribution is 0.327. The van der Waals surface area contributed by atoms with Crippen LogP contribution in [0.2, 0.25) is 0 Å². The van der Waals surface area contributed by atoms with Crippen molar-refractivity contribution in [1.82, 2.24) is 0 Å². The first-order chi connectivity index (χ1) is 44.2. The van der Waals surface area contributed by atoms with E-state index >= 15 is 0 Å². The van der Waals surface area contributed by atoms with Crippen molar-refractivity contribution in [3.63, 3.8) is 0 Å². The monoisotopic (exact) mass is 1220 g/mol. The van der Waals surface area contributed by atoms with Gasteiger partial charge in [0.2, 0.25) is 0 Å². The predicted octanol–water partition coefficient (Wildman–Crippen LogP) is 22.8. The van der Waals surface area contributed by atoms with E-state index < -0.39 is 0 Å². The molecule has 5 heteroatoms. The number of anilines is 9. The van der Waals surface area contributed by atoms with Gasteiger partial charge in [-0.2, -0.15) is 0 Å². The number of hydrogen-bond donors (Lipinski definition) is 0. The lowest BCUT2D eigenvalue weighted by Crippen LogP contribution is -2.60. The zero-order valence-electron chi connectivity index (χ0n) is 56.6. The normalized spacial score (nSPS) is 20.7. The zero-order chi connectivity index (χ0) is 63.1. The maximum atomic E-state index is 2.86. The van der Waals surface area contributed by atoms with Crippen molar-refractivity contribution in [3.8, 4) is 22.3 Å². The van der Waals surface area contributed by atoms with Crippen molar-refractivity contribution >= 4 is 95.0 Å². The molecule has 7 aliphatic rings. The van der Waals surface area contributed by atoms with Gasteiger partial charge in [-0.05, 0) is 255 Å². The van der Waals surface area contributed by atoms with Crippen molar-refractivity contribution in [2.45, 2.75) is 187 Å². The number of benzene rings is 9.